The van der Waals surface area contributed by atoms with Crippen molar-refractivity contribution in [1.29, 1.82) is 0 Å². The van der Waals surface area contributed by atoms with E-state index in [1.54, 1.807) is 0 Å². The van der Waals surface area contributed by atoms with E-state index in [2.05, 4.69) is 57.5 Å². The molecule has 0 spiro atoms. The van der Waals surface area contributed by atoms with Crippen molar-refractivity contribution in [2.75, 3.05) is 43.0 Å². The third kappa shape index (κ3) is 3.52. The summed E-state index contributed by atoms with van der Waals surface area (Å²) in [6.45, 7) is 14.4. The van der Waals surface area contributed by atoms with Gasteiger partial charge in [-0.05, 0) is 36.4 Å². The van der Waals surface area contributed by atoms with Crippen LogP contribution in [0.3, 0.4) is 0 Å². The van der Waals surface area contributed by atoms with Crippen LogP contribution in [0.2, 0.25) is 0 Å². The fraction of sp³-hybridized carbons (Fsp3) is 0.700. The molecule has 1 atom stereocenters. The Hall–Kier alpha value is -1.62. The quantitative estimate of drug-likeness (QED) is 0.845. The maximum Gasteiger partial charge on any atom is 0.251 e. The highest BCUT2D eigenvalue weighted by molar-refractivity contribution is 6.05. The molecule has 2 aliphatic rings. The number of hydrogen-bond donors (Lipinski definition) is 0. The minimum atomic E-state index is -0.105. The topological polar surface area (TPSA) is 39.7 Å². The summed E-state index contributed by atoms with van der Waals surface area (Å²) < 4.78 is 0. The van der Waals surface area contributed by atoms with Crippen molar-refractivity contribution in [3.8, 4) is 0 Å². The van der Waals surface area contributed by atoms with Crippen molar-refractivity contribution in [3.63, 3.8) is 0 Å². The number of aromatic nitrogens is 1. The van der Waals surface area contributed by atoms with Gasteiger partial charge in [0.15, 0.2) is 5.82 Å². The fourth-order valence-corrected chi connectivity index (χ4v) is 3.58. The van der Waals surface area contributed by atoms with Crippen LogP contribution in [-0.4, -0.2) is 55.1 Å². The lowest BCUT2D eigenvalue weighted by molar-refractivity contribution is -0.121. The van der Waals surface area contributed by atoms with Crippen molar-refractivity contribution in [2.45, 2.75) is 52.5 Å². The number of piperazine rings is 1. The van der Waals surface area contributed by atoms with Crippen molar-refractivity contribution in [1.82, 2.24) is 9.88 Å². The van der Waals surface area contributed by atoms with Crippen LogP contribution >= 0.6 is 0 Å². The minimum absolute atomic E-state index is 0.0216. The zero-order valence-corrected chi connectivity index (χ0v) is 16.5. The molecule has 5 nitrogen and oxygen atoms in total. The number of rotatable bonds is 3. The van der Waals surface area contributed by atoms with E-state index >= 15 is 0 Å². The standard InChI is InChI=1S/C20H32N4O/c1-14(2)7-8-24-16-11-15(20(3,4)5)12-21-18(16)23-10-9-22(6)13-17(23)19(24)25/h11-12,14,17H,7-10,13H2,1-6H3. The van der Waals surface area contributed by atoms with Gasteiger partial charge in [0.25, 0.3) is 5.91 Å². The molecule has 3 rings (SSSR count). The lowest BCUT2D eigenvalue weighted by Gasteiger charge is -2.47. The van der Waals surface area contributed by atoms with Gasteiger partial charge in [-0.2, -0.15) is 0 Å². The Morgan fingerprint density at radius 1 is 1.28 bits per heavy atom. The molecular weight excluding hydrogens is 312 g/mol. The van der Waals surface area contributed by atoms with Gasteiger partial charge in [0, 0.05) is 32.4 Å². The largest absolute Gasteiger partial charge is 0.340 e. The molecule has 138 valence electrons. The van der Waals surface area contributed by atoms with E-state index in [1.807, 2.05) is 11.1 Å². The Balaban J connectivity index is 2.04. The van der Waals surface area contributed by atoms with Gasteiger partial charge in [-0.3, -0.25) is 4.79 Å². The number of anilines is 2. The molecule has 0 aromatic carbocycles. The highest BCUT2D eigenvalue weighted by atomic mass is 16.2. The van der Waals surface area contributed by atoms with Crippen molar-refractivity contribution in [3.05, 3.63) is 17.8 Å². The number of likely N-dealkylation sites (N-methyl/N-ethyl adjacent to an activating group) is 1. The number of carbonyl (C=O) groups is 1. The molecule has 2 aliphatic heterocycles. The number of fused-ring (bicyclic) bond motifs is 3. The number of amides is 1. The molecule has 1 aromatic heterocycles. The first-order valence-electron chi connectivity index (χ1n) is 9.45. The van der Waals surface area contributed by atoms with Gasteiger partial charge < -0.3 is 14.7 Å². The molecule has 3 heterocycles. The summed E-state index contributed by atoms with van der Waals surface area (Å²) >= 11 is 0. The molecule has 1 unspecified atom stereocenters. The van der Waals surface area contributed by atoms with Gasteiger partial charge >= 0.3 is 0 Å². The summed E-state index contributed by atoms with van der Waals surface area (Å²) in [5.74, 6) is 1.78. The molecule has 0 N–H and O–H groups in total. The number of nitrogens with zero attached hydrogens (tertiary/aromatic N) is 4. The fourth-order valence-electron chi connectivity index (χ4n) is 3.58. The lowest BCUT2D eigenvalue weighted by atomic mass is 9.87. The zero-order chi connectivity index (χ0) is 18.4. The van der Waals surface area contributed by atoms with Crippen LogP contribution in [0.25, 0.3) is 0 Å². The summed E-state index contributed by atoms with van der Waals surface area (Å²) in [4.78, 5) is 24.6. The zero-order valence-electron chi connectivity index (χ0n) is 16.5. The Labute approximate surface area is 152 Å². The second-order valence-corrected chi connectivity index (χ2v) is 8.96. The molecule has 0 radical (unpaired) electrons. The van der Waals surface area contributed by atoms with Crippen LogP contribution in [0.4, 0.5) is 11.5 Å². The Kier molecular flexibility index (Phi) is 4.80. The first-order chi connectivity index (χ1) is 11.7. The summed E-state index contributed by atoms with van der Waals surface area (Å²) in [5, 5.41) is 0. The SMILES string of the molecule is CC(C)CCN1C(=O)C2CN(C)CCN2c2ncc(C(C)(C)C)cc21. The first kappa shape index (κ1) is 18.2. The van der Waals surface area contributed by atoms with Crippen LogP contribution in [0.5, 0.6) is 0 Å². The average molecular weight is 345 g/mol. The van der Waals surface area contributed by atoms with Crippen LogP contribution < -0.4 is 9.80 Å². The molecule has 1 aromatic rings. The van der Waals surface area contributed by atoms with Crippen LogP contribution in [0.1, 0.15) is 46.6 Å². The Morgan fingerprint density at radius 3 is 2.64 bits per heavy atom. The third-order valence-corrected chi connectivity index (χ3v) is 5.34. The molecule has 0 aliphatic carbocycles. The summed E-state index contributed by atoms with van der Waals surface area (Å²) in [6.07, 6.45) is 3.00. The van der Waals surface area contributed by atoms with E-state index in [0.717, 1.165) is 44.1 Å². The first-order valence-corrected chi connectivity index (χ1v) is 9.45. The molecular formula is C20H32N4O. The van der Waals surface area contributed by atoms with E-state index in [0.29, 0.717) is 5.92 Å². The van der Waals surface area contributed by atoms with Crippen LogP contribution in [0.15, 0.2) is 12.3 Å². The van der Waals surface area contributed by atoms with Gasteiger partial charge in [0.2, 0.25) is 0 Å². The molecule has 1 amide bonds. The molecule has 0 saturated carbocycles. The van der Waals surface area contributed by atoms with Gasteiger partial charge in [-0.1, -0.05) is 34.6 Å². The Bertz CT molecular complexity index is 650. The minimum Gasteiger partial charge on any atom is -0.340 e. The second kappa shape index (κ2) is 6.60. The molecule has 5 heteroatoms. The van der Waals surface area contributed by atoms with E-state index in [9.17, 15) is 4.79 Å². The van der Waals surface area contributed by atoms with Gasteiger partial charge in [0.1, 0.15) is 6.04 Å². The lowest BCUT2D eigenvalue weighted by Crippen LogP contribution is -2.62. The Morgan fingerprint density at radius 2 is 2.00 bits per heavy atom. The van der Waals surface area contributed by atoms with E-state index < -0.39 is 0 Å². The maximum atomic E-state index is 13.3. The molecule has 0 bridgehead atoms. The van der Waals surface area contributed by atoms with E-state index in [-0.39, 0.29) is 17.4 Å². The number of hydrogen-bond acceptors (Lipinski definition) is 4. The van der Waals surface area contributed by atoms with Gasteiger partial charge in [0.05, 0.1) is 5.69 Å². The summed E-state index contributed by atoms with van der Waals surface area (Å²) in [6, 6.07) is 2.08. The maximum absolute atomic E-state index is 13.3. The number of carbonyl (C=O) groups excluding carboxylic acids is 1. The van der Waals surface area contributed by atoms with E-state index in [4.69, 9.17) is 4.98 Å². The molecule has 1 saturated heterocycles. The monoisotopic (exact) mass is 344 g/mol. The average Bonchev–Trinajstić information content (AvgIpc) is 2.53. The predicted molar refractivity (Wildman–Crippen MR) is 103 cm³/mol. The van der Waals surface area contributed by atoms with Crippen molar-refractivity contribution in [2.24, 2.45) is 5.92 Å². The second-order valence-electron chi connectivity index (χ2n) is 8.96. The molecule has 25 heavy (non-hydrogen) atoms. The summed E-state index contributed by atoms with van der Waals surface area (Å²) in [5.41, 5.74) is 2.20. The van der Waals surface area contributed by atoms with Crippen molar-refractivity contribution >= 4 is 17.4 Å². The highest BCUT2D eigenvalue weighted by Crippen LogP contribution is 2.38. The summed E-state index contributed by atoms with van der Waals surface area (Å²) in [7, 11) is 2.09. The molecule has 1 fully saturated rings. The third-order valence-electron chi connectivity index (χ3n) is 5.34. The normalized spacial score (nSPS) is 21.6. The number of pyridine rings is 1. The van der Waals surface area contributed by atoms with Gasteiger partial charge in [-0.25, -0.2) is 4.98 Å². The van der Waals surface area contributed by atoms with Crippen LogP contribution in [0, 0.1) is 5.92 Å². The highest BCUT2D eigenvalue weighted by Gasteiger charge is 2.41. The van der Waals surface area contributed by atoms with Gasteiger partial charge in [-0.15, -0.1) is 0 Å². The van der Waals surface area contributed by atoms with E-state index in [1.165, 1.54) is 5.56 Å². The predicted octanol–water partition coefficient (Wildman–Crippen LogP) is 2.89. The van der Waals surface area contributed by atoms with Crippen LogP contribution in [-0.2, 0) is 10.2 Å². The smallest absolute Gasteiger partial charge is 0.251 e. The van der Waals surface area contributed by atoms with Crippen molar-refractivity contribution < 1.29 is 4.79 Å².